The molecule has 3 nitrogen and oxygen atoms in total. The molecule has 0 aromatic carbocycles. The van der Waals surface area contributed by atoms with Crippen LogP contribution in [0.3, 0.4) is 0 Å². The van der Waals surface area contributed by atoms with Crippen molar-refractivity contribution in [1.29, 1.82) is 0 Å². The Kier molecular flexibility index (Phi) is 1.07. The summed E-state index contributed by atoms with van der Waals surface area (Å²) in [6, 6.07) is 3.68. The highest BCUT2D eigenvalue weighted by Crippen LogP contribution is 2.08. The fourth-order valence-corrected chi connectivity index (χ4v) is 1.48. The zero-order valence-electron chi connectivity index (χ0n) is 5.00. The standard InChI is InChI=1S/C6H4N2OS/c9-6-5-4(10-8-6)2-1-3-7-5/h1-3H,(H,8,9). The van der Waals surface area contributed by atoms with Crippen LogP contribution in [0.1, 0.15) is 0 Å². The molecule has 4 heteroatoms. The van der Waals surface area contributed by atoms with Crippen LogP contribution in [0.4, 0.5) is 0 Å². The van der Waals surface area contributed by atoms with Gasteiger partial charge in [-0.1, -0.05) is 11.5 Å². The van der Waals surface area contributed by atoms with Gasteiger partial charge in [0.1, 0.15) is 5.52 Å². The lowest BCUT2D eigenvalue weighted by atomic mass is 10.4. The quantitative estimate of drug-likeness (QED) is 0.611. The monoisotopic (exact) mass is 152 g/mol. The van der Waals surface area contributed by atoms with Crippen LogP contribution in [0.5, 0.6) is 0 Å². The minimum atomic E-state index is -0.0967. The van der Waals surface area contributed by atoms with Crippen molar-refractivity contribution < 1.29 is 0 Å². The first-order valence-electron chi connectivity index (χ1n) is 2.80. The van der Waals surface area contributed by atoms with Gasteiger partial charge in [0.25, 0.3) is 5.56 Å². The van der Waals surface area contributed by atoms with Crippen molar-refractivity contribution in [2.45, 2.75) is 0 Å². The maximum atomic E-state index is 10.9. The first kappa shape index (κ1) is 5.61. The van der Waals surface area contributed by atoms with E-state index in [0.29, 0.717) is 5.52 Å². The maximum absolute atomic E-state index is 10.9. The van der Waals surface area contributed by atoms with Gasteiger partial charge in [-0.15, -0.1) is 0 Å². The number of fused-ring (bicyclic) bond motifs is 1. The van der Waals surface area contributed by atoms with E-state index in [9.17, 15) is 4.79 Å². The topological polar surface area (TPSA) is 45.8 Å². The predicted molar refractivity (Wildman–Crippen MR) is 40.2 cm³/mol. The molecule has 10 heavy (non-hydrogen) atoms. The molecule has 0 saturated carbocycles. The second-order valence-corrected chi connectivity index (χ2v) is 2.73. The highest BCUT2D eigenvalue weighted by Gasteiger charge is 1.98. The molecular formula is C6H4N2OS. The average molecular weight is 152 g/mol. The van der Waals surface area contributed by atoms with E-state index in [1.807, 2.05) is 12.1 Å². The first-order valence-corrected chi connectivity index (χ1v) is 3.62. The number of rotatable bonds is 0. The third-order valence-corrected chi connectivity index (χ3v) is 2.08. The number of aromatic nitrogens is 2. The van der Waals surface area contributed by atoms with E-state index < -0.39 is 0 Å². The fourth-order valence-electron chi connectivity index (χ4n) is 0.793. The van der Waals surface area contributed by atoms with Gasteiger partial charge in [0.2, 0.25) is 0 Å². The molecule has 0 saturated heterocycles. The molecule has 0 fully saturated rings. The Morgan fingerprint density at radius 3 is 3.30 bits per heavy atom. The van der Waals surface area contributed by atoms with Crippen LogP contribution in [-0.4, -0.2) is 9.36 Å². The van der Waals surface area contributed by atoms with Crippen molar-refractivity contribution in [3.8, 4) is 0 Å². The van der Waals surface area contributed by atoms with Crippen molar-refractivity contribution in [1.82, 2.24) is 9.36 Å². The zero-order valence-corrected chi connectivity index (χ0v) is 5.81. The van der Waals surface area contributed by atoms with Gasteiger partial charge in [0.05, 0.1) is 4.70 Å². The second-order valence-electron chi connectivity index (χ2n) is 1.88. The van der Waals surface area contributed by atoms with E-state index in [1.165, 1.54) is 11.5 Å². The summed E-state index contributed by atoms with van der Waals surface area (Å²) in [7, 11) is 0. The van der Waals surface area contributed by atoms with Gasteiger partial charge < -0.3 is 0 Å². The maximum Gasteiger partial charge on any atom is 0.284 e. The van der Waals surface area contributed by atoms with Gasteiger partial charge in [0.15, 0.2) is 0 Å². The molecule has 0 aliphatic heterocycles. The summed E-state index contributed by atoms with van der Waals surface area (Å²) in [5.74, 6) is 0. The van der Waals surface area contributed by atoms with Gasteiger partial charge >= 0.3 is 0 Å². The normalized spacial score (nSPS) is 10.4. The van der Waals surface area contributed by atoms with Gasteiger partial charge in [0, 0.05) is 6.20 Å². The van der Waals surface area contributed by atoms with Crippen LogP contribution in [0.15, 0.2) is 23.1 Å². The zero-order chi connectivity index (χ0) is 6.97. The number of hydrogen-bond acceptors (Lipinski definition) is 3. The summed E-state index contributed by atoms with van der Waals surface area (Å²) in [5.41, 5.74) is 0.438. The first-order chi connectivity index (χ1) is 4.88. The minimum Gasteiger partial charge on any atom is -0.275 e. The fraction of sp³-hybridized carbons (Fsp3) is 0. The summed E-state index contributed by atoms with van der Waals surface area (Å²) in [6.45, 7) is 0. The van der Waals surface area contributed by atoms with E-state index in [-0.39, 0.29) is 5.56 Å². The lowest BCUT2D eigenvalue weighted by Crippen LogP contribution is -1.97. The number of aromatic amines is 1. The molecule has 2 aromatic heterocycles. The van der Waals surface area contributed by atoms with Crippen molar-refractivity contribution in [2.24, 2.45) is 0 Å². The van der Waals surface area contributed by atoms with Crippen molar-refractivity contribution in [2.75, 3.05) is 0 Å². The Hall–Kier alpha value is -1.16. The Labute approximate surface area is 60.5 Å². The number of nitrogens with zero attached hydrogens (tertiary/aromatic N) is 1. The van der Waals surface area contributed by atoms with Crippen LogP contribution in [-0.2, 0) is 0 Å². The molecule has 2 aromatic rings. The van der Waals surface area contributed by atoms with Crippen molar-refractivity contribution in [3.63, 3.8) is 0 Å². The molecule has 1 N–H and O–H groups in total. The van der Waals surface area contributed by atoms with Crippen LogP contribution in [0.2, 0.25) is 0 Å². The van der Waals surface area contributed by atoms with E-state index in [0.717, 1.165) is 4.70 Å². The molecule has 0 atom stereocenters. The van der Waals surface area contributed by atoms with Crippen molar-refractivity contribution >= 4 is 21.7 Å². The highest BCUT2D eigenvalue weighted by molar-refractivity contribution is 7.13. The molecule has 0 radical (unpaired) electrons. The van der Waals surface area contributed by atoms with Crippen LogP contribution < -0.4 is 5.56 Å². The summed E-state index contributed by atoms with van der Waals surface area (Å²) in [6.07, 6.45) is 1.62. The molecule has 0 spiro atoms. The number of nitrogens with one attached hydrogen (secondary N) is 1. The third-order valence-electron chi connectivity index (χ3n) is 1.24. The molecule has 0 unspecified atom stereocenters. The number of hydrogen-bond donors (Lipinski definition) is 1. The smallest absolute Gasteiger partial charge is 0.275 e. The SMILES string of the molecule is O=c1[nH]sc2cccnc12. The molecule has 2 heterocycles. The van der Waals surface area contributed by atoms with Gasteiger partial charge in [-0.2, -0.15) is 0 Å². The Morgan fingerprint density at radius 2 is 2.50 bits per heavy atom. The Balaban J connectivity index is 3.07. The molecule has 2 rings (SSSR count). The van der Waals surface area contributed by atoms with E-state index in [2.05, 4.69) is 9.36 Å². The second kappa shape index (κ2) is 1.91. The number of pyridine rings is 1. The van der Waals surface area contributed by atoms with E-state index >= 15 is 0 Å². The molecule has 0 aliphatic carbocycles. The number of H-pyrrole nitrogens is 1. The largest absolute Gasteiger partial charge is 0.284 e. The third kappa shape index (κ3) is 0.657. The minimum absolute atomic E-state index is 0.0967. The summed E-state index contributed by atoms with van der Waals surface area (Å²) >= 11 is 1.31. The average Bonchev–Trinajstić information content (AvgIpc) is 2.34. The highest BCUT2D eigenvalue weighted by atomic mass is 32.1. The Bertz CT molecular complexity index is 403. The van der Waals surface area contributed by atoms with Crippen LogP contribution >= 0.6 is 11.5 Å². The van der Waals surface area contributed by atoms with Gasteiger partial charge in [-0.3, -0.25) is 9.17 Å². The molecule has 0 bridgehead atoms. The van der Waals surface area contributed by atoms with Crippen molar-refractivity contribution in [3.05, 3.63) is 28.7 Å². The van der Waals surface area contributed by atoms with Gasteiger partial charge in [-0.25, -0.2) is 4.98 Å². The Morgan fingerprint density at radius 1 is 1.60 bits per heavy atom. The summed E-state index contributed by atoms with van der Waals surface area (Å²) in [5, 5.41) is 0. The van der Waals surface area contributed by atoms with Crippen LogP contribution in [0, 0.1) is 0 Å². The summed E-state index contributed by atoms with van der Waals surface area (Å²) in [4.78, 5) is 14.8. The summed E-state index contributed by atoms with van der Waals surface area (Å²) < 4.78 is 3.51. The molecular weight excluding hydrogens is 148 g/mol. The van der Waals surface area contributed by atoms with E-state index in [4.69, 9.17) is 0 Å². The lowest BCUT2D eigenvalue weighted by molar-refractivity contribution is 1.36. The van der Waals surface area contributed by atoms with Crippen LogP contribution in [0.25, 0.3) is 10.2 Å². The van der Waals surface area contributed by atoms with Gasteiger partial charge in [-0.05, 0) is 12.1 Å². The molecule has 0 amide bonds. The lowest BCUT2D eigenvalue weighted by Gasteiger charge is -1.79. The van der Waals surface area contributed by atoms with E-state index in [1.54, 1.807) is 6.20 Å². The predicted octanol–water partition coefficient (Wildman–Crippen LogP) is 0.985. The molecule has 0 aliphatic rings. The molecule has 50 valence electrons.